The zero-order valence-corrected chi connectivity index (χ0v) is 11.9. The molecule has 94 valence electrons. The molecule has 16 heavy (non-hydrogen) atoms. The SMILES string of the molecule is CC1(C)CCCN(CC2(CS)CCC2)CC1. The quantitative estimate of drug-likeness (QED) is 0.739. The van der Waals surface area contributed by atoms with Crippen LogP contribution < -0.4 is 0 Å². The molecule has 1 nitrogen and oxygen atoms in total. The summed E-state index contributed by atoms with van der Waals surface area (Å²) in [6.45, 7) is 8.79. The second kappa shape index (κ2) is 4.89. The van der Waals surface area contributed by atoms with E-state index in [9.17, 15) is 0 Å². The van der Waals surface area contributed by atoms with Gasteiger partial charge in [0.1, 0.15) is 0 Å². The number of likely N-dealkylation sites (tertiary alicyclic amines) is 1. The van der Waals surface area contributed by atoms with Crippen molar-refractivity contribution in [3.63, 3.8) is 0 Å². The summed E-state index contributed by atoms with van der Waals surface area (Å²) in [6.07, 6.45) is 8.41. The van der Waals surface area contributed by atoms with Gasteiger partial charge in [-0.2, -0.15) is 12.6 Å². The predicted molar refractivity (Wildman–Crippen MR) is 74.2 cm³/mol. The molecule has 0 aromatic heterocycles. The van der Waals surface area contributed by atoms with Crippen LogP contribution in [0, 0.1) is 10.8 Å². The van der Waals surface area contributed by atoms with Crippen LogP contribution in [-0.2, 0) is 0 Å². The fourth-order valence-corrected chi connectivity index (χ4v) is 3.57. The number of nitrogens with zero attached hydrogens (tertiary/aromatic N) is 1. The molecule has 2 heteroatoms. The van der Waals surface area contributed by atoms with Crippen molar-refractivity contribution in [3.8, 4) is 0 Å². The highest BCUT2D eigenvalue weighted by molar-refractivity contribution is 7.80. The summed E-state index contributed by atoms with van der Waals surface area (Å²) < 4.78 is 0. The molecule has 2 rings (SSSR count). The molecule has 0 aromatic carbocycles. The monoisotopic (exact) mass is 241 g/mol. The Kier molecular flexibility index (Phi) is 3.90. The van der Waals surface area contributed by atoms with Gasteiger partial charge in [-0.15, -0.1) is 0 Å². The van der Waals surface area contributed by atoms with Crippen molar-refractivity contribution < 1.29 is 0 Å². The van der Waals surface area contributed by atoms with E-state index in [1.54, 1.807) is 0 Å². The second-order valence-corrected chi connectivity index (χ2v) is 7.12. The van der Waals surface area contributed by atoms with Crippen LogP contribution in [0.25, 0.3) is 0 Å². The lowest BCUT2D eigenvalue weighted by Crippen LogP contribution is -2.44. The molecule has 1 aliphatic heterocycles. The van der Waals surface area contributed by atoms with Crippen LogP contribution in [0.4, 0.5) is 0 Å². The molecule has 2 fully saturated rings. The largest absolute Gasteiger partial charge is 0.303 e. The Balaban J connectivity index is 1.86. The Hall–Kier alpha value is 0.310. The summed E-state index contributed by atoms with van der Waals surface area (Å²) in [6, 6.07) is 0. The molecular weight excluding hydrogens is 214 g/mol. The maximum Gasteiger partial charge on any atom is 0.00458 e. The second-order valence-electron chi connectivity index (χ2n) is 6.81. The zero-order chi connectivity index (χ0) is 11.6. The molecule has 1 saturated carbocycles. The lowest BCUT2D eigenvalue weighted by molar-refractivity contribution is 0.0905. The van der Waals surface area contributed by atoms with E-state index in [4.69, 9.17) is 0 Å². The van der Waals surface area contributed by atoms with Crippen LogP contribution in [0.5, 0.6) is 0 Å². The standard InChI is InChI=1S/C14H27NS/c1-13(2)5-4-9-15(10-8-13)11-14(12-16)6-3-7-14/h16H,3-12H2,1-2H3. The van der Waals surface area contributed by atoms with Gasteiger partial charge in [0, 0.05) is 6.54 Å². The average molecular weight is 241 g/mol. The van der Waals surface area contributed by atoms with Crippen molar-refractivity contribution in [1.82, 2.24) is 4.90 Å². The maximum absolute atomic E-state index is 4.57. The smallest absolute Gasteiger partial charge is 0.00458 e. The third-order valence-electron chi connectivity index (χ3n) is 4.74. The van der Waals surface area contributed by atoms with Crippen LogP contribution in [0.3, 0.4) is 0 Å². The van der Waals surface area contributed by atoms with Crippen molar-refractivity contribution in [1.29, 1.82) is 0 Å². The number of thiol groups is 1. The summed E-state index contributed by atoms with van der Waals surface area (Å²) in [5, 5.41) is 0. The molecule has 0 N–H and O–H groups in total. The third kappa shape index (κ3) is 2.95. The molecule has 0 atom stereocenters. The summed E-state index contributed by atoms with van der Waals surface area (Å²) >= 11 is 4.57. The molecule has 0 unspecified atom stereocenters. The van der Waals surface area contributed by atoms with Gasteiger partial charge in [0.2, 0.25) is 0 Å². The van der Waals surface area contributed by atoms with E-state index in [1.807, 2.05) is 0 Å². The Morgan fingerprint density at radius 1 is 1.00 bits per heavy atom. The van der Waals surface area contributed by atoms with E-state index in [0.29, 0.717) is 10.8 Å². The number of hydrogen-bond acceptors (Lipinski definition) is 2. The van der Waals surface area contributed by atoms with E-state index < -0.39 is 0 Å². The van der Waals surface area contributed by atoms with Gasteiger partial charge in [-0.1, -0.05) is 20.3 Å². The number of hydrogen-bond donors (Lipinski definition) is 1. The van der Waals surface area contributed by atoms with E-state index in [0.717, 1.165) is 5.75 Å². The van der Waals surface area contributed by atoms with Gasteiger partial charge >= 0.3 is 0 Å². The van der Waals surface area contributed by atoms with Gasteiger partial charge < -0.3 is 4.90 Å². The highest BCUT2D eigenvalue weighted by atomic mass is 32.1. The van der Waals surface area contributed by atoms with Crippen molar-refractivity contribution in [2.75, 3.05) is 25.4 Å². The van der Waals surface area contributed by atoms with Gasteiger partial charge in [0.25, 0.3) is 0 Å². The lowest BCUT2D eigenvalue weighted by Gasteiger charge is -2.44. The lowest BCUT2D eigenvalue weighted by atomic mass is 9.70. The maximum atomic E-state index is 4.57. The van der Waals surface area contributed by atoms with E-state index in [2.05, 4.69) is 31.4 Å². The molecule has 1 saturated heterocycles. The molecule has 0 bridgehead atoms. The molecule has 0 amide bonds. The van der Waals surface area contributed by atoms with E-state index in [-0.39, 0.29) is 0 Å². The van der Waals surface area contributed by atoms with Crippen molar-refractivity contribution in [2.24, 2.45) is 10.8 Å². The average Bonchev–Trinajstić information content (AvgIpc) is 2.34. The first-order valence-corrected chi connectivity index (χ1v) is 7.52. The van der Waals surface area contributed by atoms with Crippen molar-refractivity contribution >= 4 is 12.6 Å². The first-order valence-electron chi connectivity index (χ1n) is 6.89. The predicted octanol–water partition coefficient (Wildman–Crippen LogP) is 3.60. The van der Waals surface area contributed by atoms with Gasteiger partial charge in [-0.3, -0.25) is 0 Å². The molecule has 0 aromatic rings. The minimum Gasteiger partial charge on any atom is -0.303 e. The molecule has 2 aliphatic rings. The normalized spacial score (nSPS) is 29.4. The van der Waals surface area contributed by atoms with Crippen molar-refractivity contribution in [2.45, 2.75) is 52.4 Å². The van der Waals surface area contributed by atoms with Gasteiger partial charge in [-0.25, -0.2) is 0 Å². The highest BCUT2D eigenvalue weighted by Crippen LogP contribution is 2.43. The zero-order valence-electron chi connectivity index (χ0n) is 11.0. The van der Waals surface area contributed by atoms with Gasteiger partial charge in [0.05, 0.1) is 0 Å². The van der Waals surface area contributed by atoms with Gasteiger partial charge in [0.15, 0.2) is 0 Å². The van der Waals surface area contributed by atoms with Crippen LogP contribution in [0.1, 0.15) is 52.4 Å². The molecular formula is C14H27NS. The Morgan fingerprint density at radius 3 is 2.31 bits per heavy atom. The fourth-order valence-electron chi connectivity index (χ4n) is 3.15. The van der Waals surface area contributed by atoms with Crippen LogP contribution in [-0.4, -0.2) is 30.3 Å². The summed E-state index contributed by atoms with van der Waals surface area (Å²) in [7, 11) is 0. The third-order valence-corrected chi connectivity index (χ3v) is 5.41. The molecule has 0 spiro atoms. The van der Waals surface area contributed by atoms with E-state index >= 15 is 0 Å². The van der Waals surface area contributed by atoms with E-state index in [1.165, 1.54) is 58.2 Å². The summed E-state index contributed by atoms with van der Waals surface area (Å²) in [5.41, 5.74) is 1.15. The molecule has 1 aliphatic carbocycles. The first kappa shape index (κ1) is 12.8. The highest BCUT2D eigenvalue weighted by Gasteiger charge is 2.37. The molecule has 1 heterocycles. The number of rotatable bonds is 3. The Morgan fingerprint density at radius 2 is 1.75 bits per heavy atom. The Labute approximate surface area is 106 Å². The van der Waals surface area contributed by atoms with Crippen LogP contribution in [0.15, 0.2) is 0 Å². The Bertz CT molecular complexity index is 227. The topological polar surface area (TPSA) is 3.24 Å². The van der Waals surface area contributed by atoms with Crippen LogP contribution in [0.2, 0.25) is 0 Å². The first-order chi connectivity index (χ1) is 7.55. The minimum absolute atomic E-state index is 0.572. The minimum atomic E-state index is 0.572. The van der Waals surface area contributed by atoms with Gasteiger partial charge in [-0.05, 0) is 61.8 Å². The molecule has 0 radical (unpaired) electrons. The fraction of sp³-hybridized carbons (Fsp3) is 1.00. The van der Waals surface area contributed by atoms with Crippen molar-refractivity contribution in [3.05, 3.63) is 0 Å². The summed E-state index contributed by atoms with van der Waals surface area (Å²) in [4.78, 5) is 2.71. The van der Waals surface area contributed by atoms with Crippen LogP contribution >= 0.6 is 12.6 Å². The summed E-state index contributed by atoms with van der Waals surface area (Å²) in [5.74, 6) is 1.09.